The molecule has 1 heterocycles. The Hall–Kier alpha value is -9.50. The van der Waals surface area contributed by atoms with Gasteiger partial charge in [0.1, 0.15) is 11.5 Å². The van der Waals surface area contributed by atoms with Gasteiger partial charge >= 0.3 is 0 Å². The summed E-state index contributed by atoms with van der Waals surface area (Å²) >= 11 is 0. The highest BCUT2D eigenvalue weighted by molar-refractivity contribution is 6.11. The third-order valence-corrected chi connectivity index (χ3v) is 15.2. The van der Waals surface area contributed by atoms with Crippen LogP contribution in [0.4, 0.5) is 17.1 Å². The van der Waals surface area contributed by atoms with Crippen LogP contribution in [0.2, 0.25) is 0 Å². The second kappa shape index (κ2) is 17.4. The van der Waals surface area contributed by atoms with Crippen LogP contribution in [0.3, 0.4) is 0 Å². The largest absolute Gasteiger partial charge is 0.456 e. The van der Waals surface area contributed by atoms with E-state index in [1.807, 2.05) is 6.07 Å². The first kappa shape index (κ1) is 42.4. The van der Waals surface area contributed by atoms with Crippen LogP contribution in [0, 0.1) is 0 Å². The molecule has 1 aliphatic carbocycles. The normalized spacial score (nSPS) is 12.6. The lowest BCUT2D eigenvalue weighted by atomic mass is 9.67. The van der Waals surface area contributed by atoms with Crippen LogP contribution in [-0.4, -0.2) is 0 Å². The molecule has 2 aliphatic rings. The first-order chi connectivity index (χ1) is 36.2. The number of fused-ring (bicyclic) bond motifs is 5. The molecule has 2 nitrogen and oxygen atoms in total. The van der Waals surface area contributed by atoms with E-state index in [1.165, 1.54) is 61.2 Å². The van der Waals surface area contributed by atoms with Crippen LogP contribution in [0.1, 0.15) is 22.3 Å². The van der Waals surface area contributed by atoms with E-state index in [0.717, 1.165) is 67.2 Å². The molecule has 12 aromatic rings. The van der Waals surface area contributed by atoms with Gasteiger partial charge in [0.25, 0.3) is 0 Å². The Morgan fingerprint density at radius 1 is 0.274 bits per heavy atom. The van der Waals surface area contributed by atoms with Crippen LogP contribution in [0.5, 0.6) is 11.5 Å². The number of anilines is 3. The highest BCUT2D eigenvalue weighted by Crippen LogP contribution is 2.58. The second-order valence-corrected chi connectivity index (χ2v) is 19.1. The van der Waals surface area contributed by atoms with E-state index in [9.17, 15) is 0 Å². The Labute approximate surface area is 426 Å². The number of para-hydroxylation sites is 2. The summed E-state index contributed by atoms with van der Waals surface area (Å²) in [5.41, 5.74) is 21.8. The molecule has 2 heteroatoms. The van der Waals surface area contributed by atoms with Crippen molar-refractivity contribution < 1.29 is 4.74 Å². The lowest BCUT2D eigenvalue weighted by molar-refractivity contribution is 0.487. The van der Waals surface area contributed by atoms with Gasteiger partial charge in [0.05, 0.1) is 11.1 Å². The van der Waals surface area contributed by atoms with E-state index < -0.39 is 5.41 Å². The number of ether oxygens (including phenoxy) is 1. The first-order valence-corrected chi connectivity index (χ1v) is 25.2. The molecule has 0 aromatic heterocycles. The van der Waals surface area contributed by atoms with Crippen molar-refractivity contribution in [3.8, 4) is 78.3 Å². The van der Waals surface area contributed by atoms with Gasteiger partial charge in [-0.3, -0.25) is 0 Å². The summed E-state index contributed by atoms with van der Waals surface area (Å²) in [4.78, 5) is 2.47. The second-order valence-electron chi connectivity index (χ2n) is 19.1. The SMILES string of the molecule is c1ccc(-c2ccc(-c3ccc(N(c4ccc5c(c4)C(c4ccccc4)(c4ccccc4)c4ccccc4-5)c4ccccc4-c4ccc5c6c(cccc46)-c4ccccc4O5)cc3)cc2-c2ccccc2)cc1. The summed E-state index contributed by atoms with van der Waals surface area (Å²) in [6.45, 7) is 0. The van der Waals surface area contributed by atoms with Gasteiger partial charge in [0, 0.05) is 27.9 Å². The zero-order valence-corrected chi connectivity index (χ0v) is 40.0. The smallest absolute Gasteiger partial charge is 0.135 e. The average Bonchev–Trinajstić information content (AvgIpc) is 3.77. The maximum absolute atomic E-state index is 6.62. The standard InChI is InChI=1S/C71H47NO/c1-5-20-49(21-6-1)56-42-38-51(46-64(56)50-22-7-2-8-23-50)48-36-39-54(40-37-48)72(67-34-17-14-29-60(67)57-44-45-69-70-62(57)31-19-32-63(70)61-30-15-18-35-68(61)73-69)55-41-43-59-58-28-13-16-33-65(58)71(66(59)47-55,52-24-9-3-10-25-52)53-26-11-4-12-27-53/h1-47H. The minimum absolute atomic E-state index is 0.561. The number of benzene rings is 12. The Bertz CT molecular complexity index is 3990. The summed E-state index contributed by atoms with van der Waals surface area (Å²) in [5, 5.41) is 2.28. The van der Waals surface area contributed by atoms with Crippen molar-refractivity contribution in [2.24, 2.45) is 0 Å². The van der Waals surface area contributed by atoms with Crippen molar-refractivity contribution in [2.45, 2.75) is 5.41 Å². The van der Waals surface area contributed by atoms with Gasteiger partial charge in [0.15, 0.2) is 0 Å². The fourth-order valence-corrected chi connectivity index (χ4v) is 12.0. The molecule has 0 bridgehead atoms. The molecule has 0 saturated carbocycles. The van der Waals surface area contributed by atoms with Crippen molar-refractivity contribution >= 4 is 27.8 Å². The molecule has 0 fully saturated rings. The Morgan fingerprint density at radius 3 is 1.53 bits per heavy atom. The summed E-state index contributed by atoms with van der Waals surface area (Å²) in [7, 11) is 0. The summed E-state index contributed by atoms with van der Waals surface area (Å²) in [6.07, 6.45) is 0. The monoisotopic (exact) mass is 929 g/mol. The molecule has 0 saturated heterocycles. The zero-order chi connectivity index (χ0) is 48.3. The van der Waals surface area contributed by atoms with Gasteiger partial charge in [-0.2, -0.15) is 0 Å². The third kappa shape index (κ3) is 6.87. The van der Waals surface area contributed by atoms with Gasteiger partial charge in [-0.05, 0) is 138 Å². The average molecular weight is 930 g/mol. The maximum atomic E-state index is 6.62. The fourth-order valence-electron chi connectivity index (χ4n) is 12.0. The van der Waals surface area contributed by atoms with Crippen LogP contribution >= 0.6 is 0 Å². The summed E-state index contributed by atoms with van der Waals surface area (Å²) in [6, 6.07) is 104. The lowest BCUT2D eigenvalue weighted by Gasteiger charge is -2.35. The van der Waals surface area contributed by atoms with Crippen molar-refractivity contribution in [2.75, 3.05) is 4.90 Å². The molecule has 73 heavy (non-hydrogen) atoms. The van der Waals surface area contributed by atoms with Gasteiger partial charge in [0.2, 0.25) is 0 Å². The predicted octanol–water partition coefficient (Wildman–Crippen LogP) is 19.1. The molecular formula is C71H47NO. The lowest BCUT2D eigenvalue weighted by Crippen LogP contribution is -2.28. The molecule has 0 atom stereocenters. The quantitative estimate of drug-likeness (QED) is 0.143. The molecular weight excluding hydrogens is 883 g/mol. The van der Waals surface area contributed by atoms with Gasteiger partial charge < -0.3 is 9.64 Å². The van der Waals surface area contributed by atoms with Crippen LogP contribution < -0.4 is 9.64 Å². The number of hydrogen-bond acceptors (Lipinski definition) is 2. The molecule has 0 spiro atoms. The molecule has 342 valence electrons. The Morgan fingerprint density at radius 2 is 0.808 bits per heavy atom. The first-order valence-electron chi connectivity index (χ1n) is 25.2. The topological polar surface area (TPSA) is 12.5 Å². The molecule has 1 aliphatic heterocycles. The van der Waals surface area contributed by atoms with Gasteiger partial charge in [-0.15, -0.1) is 0 Å². The highest BCUT2D eigenvalue weighted by atomic mass is 16.5. The summed E-state index contributed by atoms with van der Waals surface area (Å²) < 4.78 is 6.62. The molecule has 0 N–H and O–H groups in total. The van der Waals surface area contributed by atoms with Crippen molar-refractivity contribution in [3.63, 3.8) is 0 Å². The van der Waals surface area contributed by atoms with Crippen molar-refractivity contribution in [3.05, 3.63) is 307 Å². The van der Waals surface area contributed by atoms with Crippen molar-refractivity contribution in [1.29, 1.82) is 0 Å². The van der Waals surface area contributed by atoms with Gasteiger partial charge in [-0.1, -0.05) is 231 Å². The van der Waals surface area contributed by atoms with Crippen LogP contribution in [-0.2, 0) is 5.41 Å². The molecule has 14 rings (SSSR count). The minimum atomic E-state index is -0.561. The third-order valence-electron chi connectivity index (χ3n) is 15.2. The van der Waals surface area contributed by atoms with E-state index in [0.29, 0.717) is 0 Å². The van der Waals surface area contributed by atoms with E-state index in [2.05, 4.69) is 284 Å². The van der Waals surface area contributed by atoms with Crippen molar-refractivity contribution in [1.82, 2.24) is 0 Å². The molecule has 12 aromatic carbocycles. The molecule has 0 unspecified atom stereocenters. The molecule has 0 amide bonds. The highest BCUT2D eigenvalue weighted by Gasteiger charge is 2.46. The van der Waals surface area contributed by atoms with E-state index in [4.69, 9.17) is 4.74 Å². The number of nitrogens with zero attached hydrogens (tertiary/aromatic N) is 1. The fraction of sp³-hybridized carbons (Fsp3) is 0.0141. The van der Waals surface area contributed by atoms with E-state index >= 15 is 0 Å². The Balaban J connectivity index is 0.979. The minimum Gasteiger partial charge on any atom is -0.456 e. The van der Waals surface area contributed by atoms with Crippen LogP contribution in [0.15, 0.2) is 285 Å². The number of hydrogen-bond donors (Lipinski definition) is 0. The number of rotatable bonds is 9. The van der Waals surface area contributed by atoms with Gasteiger partial charge in [-0.25, -0.2) is 0 Å². The maximum Gasteiger partial charge on any atom is 0.135 e. The van der Waals surface area contributed by atoms with E-state index in [1.54, 1.807) is 0 Å². The van der Waals surface area contributed by atoms with Crippen LogP contribution in [0.25, 0.3) is 77.5 Å². The summed E-state index contributed by atoms with van der Waals surface area (Å²) in [5.74, 6) is 1.76. The Kier molecular flexibility index (Phi) is 10.1. The molecule has 0 radical (unpaired) electrons. The predicted molar refractivity (Wildman–Crippen MR) is 303 cm³/mol. The zero-order valence-electron chi connectivity index (χ0n) is 40.0. The van der Waals surface area contributed by atoms with E-state index in [-0.39, 0.29) is 0 Å².